The van der Waals surface area contributed by atoms with Gasteiger partial charge in [-0.15, -0.1) is 0 Å². The summed E-state index contributed by atoms with van der Waals surface area (Å²) in [5.41, 5.74) is 4.02. The molecule has 0 aliphatic carbocycles. The minimum Gasteiger partial charge on any atom is -0.496 e. The maximum Gasteiger partial charge on any atom is 0.122 e. The first-order chi connectivity index (χ1) is 9.92. The predicted molar refractivity (Wildman–Crippen MR) is 90.3 cm³/mol. The molecule has 0 heterocycles. The third kappa shape index (κ3) is 3.79. The fraction of sp³-hybridized carbons (Fsp3) is 0.294. The van der Waals surface area contributed by atoms with Gasteiger partial charge in [0.05, 0.1) is 13.2 Å². The Morgan fingerprint density at radius 3 is 2.38 bits per heavy atom. The molecule has 0 saturated carbocycles. The van der Waals surface area contributed by atoms with Crippen LogP contribution in [0.5, 0.6) is 5.75 Å². The lowest BCUT2D eigenvalue weighted by atomic mass is 9.97. The molecular weight excluding hydrogens is 352 g/mol. The number of ether oxygens (including phenoxy) is 1. The molecule has 4 heteroatoms. The third-order valence-electron chi connectivity index (χ3n) is 3.50. The SMILES string of the molecule is COc1ccc(Cl)cc1CC(O)c1cc(C)c(Br)c(C)c1. The average molecular weight is 370 g/mol. The number of aliphatic hydroxyl groups excluding tert-OH is 1. The summed E-state index contributed by atoms with van der Waals surface area (Å²) < 4.78 is 6.41. The number of hydrogen-bond donors (Lipinski definition) is 1. The highest BCUT2D eigenvalue weighted by atomic mass is 79.9. The van der Waals surface area contributed by atoms with E-state index in [0.717, 1.165) is 32.5 Å². The lowest BCUT2D eigenvalue weighted by Gasteiger charge is -2.16. The molecule has 0 aromatic heterocycles. The average Bonchev–Trinajstić information content (AvgIpc) is 2.44. The van der Waals surface area contributed by atoms with E-state index in [2.05, 4.69) is 15.9 Å². The van der Waals surface area contributed by atoms with E-state index < -0.39 is 6.10 Å². The molecule has 1 atom stereocenters. The Kier molecular flexibility index (Phi) is 5.31. The Morgan fingerprint density at radius 2 is 1.81 bits per heavy atom. The van der Waals surface area contributed by atoms with Crippen LogP contribution in [0.4, 0.5) is 0 Å². The van der Waals surface area contributed by atoms with Gasteiger partial charge in [-0.25, -0.2) is 0 Å². The molecule has 0 fully saturated rings. The number of benzene rings is 2. The van der Waals surface area contributed by atoms with Crippen molar-refractivity contribution in [3.63, 3.8) is 0 Å². The van der Waals surface area contributed by atoms with Crippen molar-refractivity contribution in [1.82, 2.24) is 0 Å². The molecule has 1 unspecified atom stereocenters. The molecule has 0 aliphatic heterocycles. The van der Waals surface area contributed by atoms with Gasteiger partial charge >= 0.3 is 0 Å². The zero-order valence-corrected chi connectivity index (χ0v) is 14.6. The highest BCUT2D eigenvalue weighted by Gasteiger charge is 2.14. The first kappa shape index (κ1) is 16.3. The second-order valence-electron chi connectivity index (χ2n) is 5.14. The van der Waals surface area contributed by atoms with E-state index >= 15 is 0 Å². The first-order valence-electron chi connectivity index (χ1n) is 6.69. The second kappa shape index (κ2) is 6.82. The van der Waals surface area contributed by atoms with Gasteiger partial charge in [-0.1, -0.05) is 39.7 Å². The molecule has 2 nitrogen and oxygen atoms in total. The number of hydrogen-bond acceptors (Lipinski definition) is 2. The van der Waals surface area contributed by atoms with Crippen LogP contribution in [0.3, 0.4) is 0 Å². The Hall–Kier alpha value is -1.03. The minimum atomic E-state index is -0.595. The lowest BCUT2D eigenvalue weighted by molar-refractivity contribution is 0.177. The Balaban J connectivity index is 2.30. The molecule has 112 valence electrons. The maximum atomic E-state index is 10.5. The molecule has 0 radical (unpaired) electrons. The minimum absolute atomic E-state index is 0.463. The molecule has 0 spiro atoms. The summed E-state index contributed by atoms with van der Waals surface area (Å²) in [6, 6.07) is 9.44. The topological polar surface area (TPSA) is 29.5 Å². The monoisotopic (exact) mass is 368 g/mol. The normalized spacial score (nSPS) is 12.3. The van der Waals surface area contributed by atoms with Gasteiger partial charge < -0.3 is 9.84 Å². The van der Waals surface area contributed by atoms with Gasteiger partial charge in [-0.3, -0.25) is 0 Å². The molecule has 2 aromatic rings. The van der Waals surface area contributed by atoms with Crippen LogP contribution in [0.25, 0.3) is 0 Å². The van der Waals surface area contributed by atoms with Crippen LogP contribution >= 0.6 is 27.5 Å². The van der Waals surface area contributed by atoms with Gasteiger partial charge in [0.1, 0.15) is 5.75 Å². The van der Waals surface area contributed by atoms with E-state index in [1.807, 2.05) is 38.1 Å². The van der Waals surface area contributed by atoms with Gasteiger partial charge in [0.25, 0.3) is 0 Å². The quantitative estimate of drug-likeness (QED) is 0.821. The van der Waals surface area contributed by atoms with Gasteiger partial charge in [0.2, 0.25) is 0 Å². The van der Waals surface area contributed by atoms with Crippen molar-refractivity contribution < 1.29 is 9.84 Å². The van der Waals surface area contributed by atoms with Crippen molar-refractivity contribution in [2.24, 2.45) is 0 Å². The zero-order valence-electron chi connectivity index (χ0n) is 12.3. The van der Waals surface area contributed by atoms with Crippen LogP contribution in [0, 0.1) is 13.8 Å². The van der Waals surface area contributed by atoms with Crippen LogP contribution in [0.2, 0.25) is 5.02 Å². The lowest BCUT2D eigenvalue weighted by Crippen LogP contribution is -2.04. The van der Waals surface area contributed by atoms with Crippen molar-refractivity contribution in [1.29, 1.82) is 0 Å². The van der Waals surface area contributed by atoms with E-state index in [-0.39, 0.29) is 0 Å². The van der Waals surface area contributed by atoms with Crippen LogP contribution in [0.1, 0.15) is 28.4 Å². The number of rotatable bonds is 4. The summed E-state index contributed by atoms with van der Waals surface area (Å²) in [4.78, 5) is 0. The summed E-state index contributed by atoms with van der Waals surface area (Å²) in [5, 5.41) is 11.2. The zero-order chi connectivity index (χ0) is 15.6. The maximum absolute atomic E-state index is 10.5. The van der Waals surface area contributed by atoms with Crippen molar-refractivity contribution in [3.05, 3.63) is 62.1 Å². The van der Waals surface area contributed by atoms with E-state index in [4.69, 9.17) is 16.3 Å². The van der Waals surface area contributed by atoms with Crippen LogP contribution in [-0.4, -0.2) is 12.2 Å². The Morgan fingerprint density at radius 1 is 1.19 bits per heavy atom. The van der Waals surface area contributed by atoms with Crippen molar-refractivity contribution in [3.8, 4) is 5.75 Å². The number of halogens is 2. The summed E-state index contributed by atoms with van der Waals surface area (Å²) >= 11 is 9.57. The van der Waals surface area contributed by atoms with Crippen molar-refractivity contribution in [2.45, 2.75) is 26.4 Å². The van der Waals surface area contributed by atoms with Gasteiger partial charge in [-0.05, 0) is 54.3 Å². The number of methoxy groups -OCH3 is 1. The molecule has 0 bridgehead atoms. The largest absolute Gasteiger partial charge is 0.496 e. The summed E-state index contributed by atoms with van der Waals surface area (Å²) in [6.45, 7) is 4.04. The Bertz CT molecular complexity index is 632. The number of aryl methyl sites for hydroxylation is 2. The van der Waals surface area contributed by atoms with Crippen LogP contribution in [0.15, 0.2) is 34.8 Å². The second-order valence-corrected chi connectivity index (χ2v) is 6.37. The molecule has 2 aromatic carbocycles. The van der Waals surface area contributed by atoms with E-state index in [1.54, 1.807) is 13.2 Å². The Labute approximate surface area is 138 Å². The van der Waals surface area contributed by atoms with Crippen LogP contribution in [-0.2, 0) is 6.42 Å². The van der Waals surface area contributed by atoms with E-state index in [0.29, 0.717) is 11.4 Å². The fourth-order valence-corrected chi connectivity index (χ4v) is 2.83. The number of aliphatic hydroxyl groups is 1. The highest BCUT2D eigenvalue weighted by Crippen LogP contribution is 2.30. The van der Waals surface area contributed by atoms with Gasteiger partial charge in [0, 0.05) is 15.9 Å². The summed E-state index contributed by atoms with van der Waals surface area (Å²) in [7, 11) is 1.62. The molecular formula is C17H18BrClO2. The standard InChI is InChI=1S/C17H18BrClO2/c1-10-6-12(7-11(2)17(10)18)15(20)9-13-8-14(19)4-5-16(13)21-3/h4-8,15,20H,9H2,1-3H3. The fourth-order valence-electron chi connectivity index (χ4n) is 2.40. The molecule has 0 saturated heterocycles. The van der Waals surface area contributed by atoms with Gasteiger partial charge in [0.15, 0.2) is 0 Å². The van der Waals surface area contributed by atoms with Crippen molar-refractivity contribution >= 4 is 27.5 Å². The predicted octanol–water partition coefficient (Wildman–Crippen LogP) is 5.00. The van der Waals surface area contributed by atoms with Crippen LogP contribution < -0.4 is 4.74 Å². The van der Waals surface area contributed by atoms with E-state index in [1.165, 1.54) is 0 Å². The molecule has 0 amide bonds. The van der Waals surface area contributed by atoms with E-state index in [9.17, 15) is 5.11 Å². The molecule has 2 rings (SSSR count). The highest BCUT2D eigenvalue weighted by molar-refractivity contribution is 9.10. The third-order valence-corrected chi connectivity index (χ3v) is 4.99. The molecule has 0 aliphatic rings. The molecule has 21 heavy (non-hydrogen) atoms. The summed E-state index contributed by atoms with van der Waals surface area (Å²) in [6.07, 6.45) is -0.132. The smallest absolute Gasteiger partial charge is 0.122 e. The summed E-state index contributed by atoms with van der Waals surface area (Å²) in [5.74, 6) is 0.740. The van der Waals surface area contributed by atoms with Crippen molar-refractivity contribution in [2.75, 3.05) is 7.11 Å². The molecule has 1 N–H and O–H groups in total. The van der Waals surface area contributed by atoms with Gasteiger partial charge in [-0.2, -0.15) is 0 Å². The first-order valence-corrected chi connectivity index (χ1v) is 7.86.